The van der Waals surface area contributed by atoms with Gasteiger partial charge in [0, 0.05) is 5.56 Å². The Labute approximate surface area is 120 Å². The fourth-order valence-corrected chi connectivity index (χ4v) is 1.94. The van der Waals surface area contributed by atoms with Crippen LogP contribution in [0.25, 0.3) is 11.1 Å². The monoisotopic (exact) mass is 294 g/mol. The summed E-state index contributed by atoms with van der Waals surface area (Å²) < 4.78 is 45.2. The molecule has 2 nitrogen and oxygen atoms in total. The molecule has 0 fully saturated rings. The first-order valence-corrected chi connectivity index (χ1v) is 6.33. The third kappa shape index (κ3) is 3.24. The lowest BCUT2D eigenvalue weighted by atomic mass is 9.99. The van der Waals surface area contributed by atoms with Crippen LogP contribution in [-0.2, 0) is 0 Å². The highest BCUT2D eigenvalue weighted by atomic mass is 19.2. The third-order valence-electron chi connectivity index (χ3n) is 2.82. The van der Waals surface area contributed by atoms with E-state index in [2.05, 4.69) is 0 Å². The van der Waals surface area contributed by atoms with E-state index < -0.39 is 17.5 Å². The molecule has 0 aliphatic heterocycles. The molecule has 110 valence electrons. The molecule has 5 heteroatoms. The Bertz CT molecular complexity index is 658. The van der Waals surface area contributed by atoms with Crippen molar-refractivity contribution in [2.45, 2.75) is 20.0 Å². The van der Waals surface area contributed by atoms with Crippen molar-refractivity contribution in [1.82, 2.24) is 0 Å². The molecule has 0 heterocycles. The molecule has 0 saturated heterocycles. The zero-order chi connectivity index (χ0) is 15.6. The maximum absolute atomic E-state index is 13.3. The summed E-state index contributed by atoms with van der Waals surface area (Å²) in [6.45, 7) is 3.65. The molecule has 0 atom stereocenters. The molecule has 0 N–H and O–H groups in total. The van der Waals surface area contributed by atoms with E-state index in [1.54, 1.807) is 6.07 Å². The van der Waals surface area contributed by atoms with Crippen LogP contribution in [0, 0.1) is 17.5 Å². The fourth-order valence-electron chi connectivity index (χ4n) is 1.94. The molecular formula is C16H13F3O2. The summed E-state index contributed by atoms with van der Waals surface area (Å²) >= 11 is 0. The Balaban J connectivity index is 2.58. The van der Waals surface area contributed by atoms with Gasteiger partial charge in [0.15, 0.2) is 23.7 Å². The van der Waals surface area contributed by atoms with Gasteiger partial charge >= 0.3 is 0 Å². The van der Waals surface area contributed by atoms with Crippen molar-refractivity contribution in [3.8, 4) is 16.9 Å². The number of benzene rings is 2. The molecule has 0 aliphatic carbocycles. The van der Waals surface area contributed by atoms with Crippen LogP contribution in [0.5, 0.6) is 5.75 Å². The second-order valence-corrected chi connectivity index (χ2v) is 4.79. The standard InChI is InChI=1S/C16H13F3O2/c1-9(2)21-12-4-3-10(8-20)13(7-12)11-5-14(17)16(19)15(18)6-11/h3-9H,1-2H3. The van der Waals surface area contributed by atoms with Gasteiger partial charge in [-0.15, -0.1) is 0 Å². The first-order chi connectivity index (χ1) is 9.92. The van der Waals surface area contributed by atoms with E-state index in [0.29, 0.717) is 12.0 Å². The van der Waals surface area contributed by atoms with Gasteiger partial charge in [0.25, 0.3) is 0 Å². The van der Waals surface area contributed by atoms with E-state index in [0.717, 1.165) is 12.1 Å². The number of ether oxygens (including phenoxy) is 1. The summed E-state index contributed by atoms with van der Waals surface area (Å²) in [5, 5.41) is 0. The lowest BCUT2D eigenvalue weighted by Gasteiger charge is -2.13. The predicted octanol–water partition coefficient (Wildman–Crippen LogP) is 4.37. The van der Waals surface area contributed by atoms with Crippen LogP contribution in [0.4, 0.5) is 13.2 Å². The predicted molar refractivity (Wildman–Crippen MR) is 72.9 cm³/mol. The number of hydrogen-bond donors (Lipinski definition) is 0. The maximum Gasteiger partial charge on any atom is 0.194 e. The van der Waals surface area contributed by atoms with E-state index >= 15 is 0 Å². The SMILES string of the molecule is CC(C)Oc1ccc(C=O)c(-c2cc(F)c(F)c(F)c2)c1. The quantitative estimate of drug-likeness (QED) is 0.618. The molecule has 0 amide bonds. The van der Waals surface area contributed by atoms with Crippen LogP contribution in [0.2, 0.25) is 0 Å². The first kappa shape index (κ1) is 15.1. The van der Waals surface area contributed by atoms with Gasteiger partial charge in [-0.2, -0.15) is 0 Å². The molecule has 2 aromatic carbocycles. The number of aldehydes is 1. The molecule has 0 saturated carbocycles. The third-order valence-corrected chi connectivity index (χ3v) is 2.82. The van der Waals surface area contributed by atoms with Crippen LogP contribution in [0.3, 0.4) is 0 Å². The highest BCUT2D eigenvalue weighted by Crippen LogP contribution is 2.30. The van der Waals surface area contributed by atoms with Gasteiger partial charge in [-0.3, -0.25) is 4.79 Å². The summed E-state index contributed by atoms with van der Waals surface area (Å²) in [6, 6.07) is 6.26. The molecule has 0 aliphatic rings. The van der Waals surface area contributed by atoms with Crippen molar-refractivity contribution in [3.05, 3.63) is 53.3 Å². The highest BCUT2D eigenvalue weighted by Gasteiger charge is 2.14. The van der Waals surface area contributed by atoms with Gasteiger partial charge in [0.05, 0.1) is 6.10 Å². The minimum absolute atomic E-state index is 0.0720. The summed E-state index contributed by atoms with van der Waals surface area (Å²) in [7, 11) is 0. The molecule has 2 rings (SSSR count). The smallest absolute Gasteiger partial charge is 0.194 e. The largest absolute Gasteiger partial charge is 0.491 e. The average molecular weight is 294 g/mol. The maximum atomic E-state index is 13.3. The Morgan fingerprint density at radius 1 is 1.05 bits per heavy atom. The summed E-state index contributed by atoms with van der Waals surface area (Å²) in [5.74, 6) is -3.70. The molecule has 0 bridgehead atoms. The zero-order valence-corrected chi connectivity index (χ0v) is 11.5. The van der Waals surface area contributed by atoms with E-state index in [9.17, 15) is 18.0 Å². The minimum Gasteiger partial charge on any atom is -0.491 e. The number of hydrogen-bond acceptors (Lipinski definition) is 2. The molecule has 0 unspecified atom stereocenters. The fraction of sp³-hybridized carbons (Fsp3) is 0.188. The Hall–Kier alpha value is -2.30. The molecular weight excluding hydrogens is 281 g/mol. The highest BCUT2D eigenvalue weighted by molar-refractivity contribution is 5.88. The average Bonchev–Trinajstić information content (AvgIpc) is 2.43. The van der Waals surface area contributed by atoms with Crippen molar-refractivity contribution in [2.75, 3.05) is 0 Å². The van der Waals surface area contributed by atoms with Gasteiger partial charge < -0.3 is 4.74 Å². The lowest BCUT2D eigenvalue weighted by Crippen LogP contribution is -2.06. The van der Waals surface area contributed by atoms with Crippen LogP contribution in [-0.4, -0.2) is 12.4 Å². The van der Waals surface area contributed by atoms with Gasteiger partial charge in [0.2, 0.25) is 0 Å². The van der Waals surface area contributed by atoms with E-state index in [1.807, 2.05) is 13.8 Å². The van der Waals surface area contributed by atoms with Gasteiger partial charge in [-0.1, -0.05) is 0 Å². The van der Waals surface area contributed by atoms with Crippen LogP contribution in [0.15, 0.2) is 30.3 Å². The van der Waals surface area contributed by atoms with Crippen LogP contribution in [0.1, 0.15) is 24.2 Å². The van der Waals surface area contributed by atoms with Crippen molar-refractivity contribution in [1.29, 1.82) is 0 Å². The summed E-state index contributed by atoms with van der Waals surface area (Å²) in [5.41, 5.74) is 0.583. The number of carbonyl (C=O) groups is 1. The second-order valence-electron chi connectivity index (χ2n) is 4.79. The molecule has 21 heavy (non-hydrogen) atoms. The number of halogens is 3. The Morgan fingerprint density at radius 2 is 1.67 bits per heavy atom. The first-order valence-electron chi connectivity index (χ1n) is 6.33. The normalized spacial score (nSPS) is 10.8. The minimum atomic E-state index is -1.54. The van der Waals surface area contributed by atoms with Gasteiger partial charge in [-0.25, -0.2) is 13.2 Å². The van der Waals surface area contributed by atoms with Crippen molar-refractivity contribution >= 4 is 6.29 Å². The number of rotatable bonds is 4. The van der Waals surface area contributed by atoms with Crippen molar-refractivity contribution in [2.24, 2.45) is 0 Å². The molecule has 0 radical (unpaired) electrons. The Morgan fingerprint density at radius 3 is 2.19 bits per heavy atom. The van der Waals surface area contributed by atoms with Gasteiger partial charge in [0.1, 0.15) is 5.75 Å². The number of carbonyl (C=O) groups excluding carboxylic acids is 1. The van der Waals surface area contributed by atoms with E-state index in [4.69, 9.17) is 4.74 Å². The summed E-state index contributed by atoms with van der Waals surface area (Å²) in [4.78, 5) is 11.1. The topological polar surface area (TPSA) is 26.3 Å². The zero-order valence-electron chi connectivity index (χ0n) is 11.5. The van der Waals surface area contributed by atoms with E-state index in [-0.39, 0.29) is 22.8 Å². The van der Waals surface area contributed by atoms with Gasteiger partial charge in [-0.05, 0) is 55.3 Å². The summed E-state index contributed by atoms with van der Waals surface area (Å²) in [6.07, 6.45) is 0.467. The van der Waals surface area contributed by atoms with Crippen LogP contribution < -0.4 is 4.74 Å². The molecule has 2 aromatic rings. The van der Waals surface area contributed by atoms with Crippen LogP contribution >= 0.6 is 0 Å². The van der Waals surface area contributed by atoms with Crippen molar-refractivity contribution < 1.29 is 22.7 Å². The second kappa shape index (κ2) is 5.99. The molecule has 0 spiro atoms. The Kier molecular flexibility index (Phi) is 4.31. The lowest BCUT2D eigenvalue weighted by molar-refractivity contribution is 0.112. The van der Waals surface area contributed by atoms with E-state index in [1.165, 1.54) is 12.1 Å². The molecule has 0 aromatic heterocycles. The van der Waals surface area contributed by atoms with Crippen molar-refractivity contribution in [3.63, 3.8) is 0 Å².